The average Bonchev–Trinajstić information content (AvgIpc) is 3.00. The van der Waals surface area contributed by atoms with E-state index in [-0.39, 0.29) is 17.9 Å². The molecule has 2 saturated heterocycles. The molecule has 7 nitrogen and oxygen atoms in total. The van der Waals surface area contributed by atoms with Gasteiger partial charge >= 0.3 is 6.03 Å². The monoisotopic (exact) mass is 407 g/mol. The number of hydrogen-bond donors (Lipinski definition) is 1. The molecule has 1 atom stereocenters. The Hall–Kier alpha value is -2.93. The van der Waals surface area contributed by atoms with Crippen LogP contribution >= 0.6 is 0 Å². The molecule has 1 aromatic heterocycles. The molecule has 1 aromatic carbocycles. The smallest absolute Gasteiger partial charge is 0.326 e. The molecule has 4 rings (SSSR count). The summed E-state index contributed by atoms with van der Waals surface area (Å²) < 4.78 is 0. The minimum Gasteiger partial charge on any atom is -0.354 e. The fraction of sp³-hybridized carbons (Fsp3) is 0.435. The summed E-state index contributed by atoms with van der Waals surface area (Å²) in [5, 5.41) is 3.03. The molecule has 30 heavy (non-hydrogen) atoms. The molecule has 0 saturated carbocycles. The fourth-order valence-corrected chi connectivity index (χ4v) is 4.40. The van der Waals surface area contributed by atoms with Crippen molar-refractivity contribution < 1.29 is 9.59 Å². The largest absolute Gasteiger partial charge is 0.354 e. The number of hydrogen-bond acceptors (Lipinski definition) is 5. The third-order valence-corrected chi connectivity index (χ3v) is 5.84. The van der Waals surface area contributed by atoms with Crippen molar-refractivity contribution in [2.75, 3.05) is 37.7 Å². The first-order valence-electron chi connectivity index (χ1n) is 10.6. The second kappa shape index (κ2) is 8.44. The normalized spacial score (nSPS) is 22.6. The van der Waals surface area contributed by atoms with Crippen LogP contribution in [0.2, 0.25) is 0 Å². The van der Waals surface area contributed by atoms with E-state index < -0.39 is 5.54 Å². The number of nitrogens with one attached hydrogen (secondary N) is 1. The first-order chi connectivity index (χ1) is 14.5. The predicted molar refractivity (Wildman–Crippen MR) is 116 cm³/mol. The number of anilines is 1. The molecule has 7 heteroatoms. The summed E-state index contributed by atoms with van der Waals surface area (Å²) >= 11 is 0. The van der Waals surface area contributed by atoms with Crippen molar-refractivity contribution in [2.45, 2.75) is 25.8 Å². The van der Waals surface area contributed by atoms with Gasteiger partial charge in [0.2, 0.25) is 0 Å². The number of benzene rings is 1. The van der Waals surface area contributed by atoms with Crippen molar-refractivity contribution in [1.82, 2.24) is 20.1 Å². The van der Waals surface area contributed by atoms with Crippen molar-refractivity contribution >= 4 is 17.8 Å². The zero-order chi connectivity index (χ0) is 21.1. The van der Waals surface area contributed by atoms with E-state index in [4.69, 9.17) is 0 Å². The maximum atomic E-state index is 13.5. The Labute approximate surface area is 177 Å². The van der Waals surface area contributed by atoms with Crippen LogP contribution in [0.25, 0.3) is 0 Å². The number of carbonyl (C=O) groups is 2. The van der Waals surface area contributed by atoms with E-state index in [1.165, 1.54) is 4.90 Å². The second-order valence-electron chi connectivity index (χ2n) is 8.47. The zero-order valence-corrected chi connectivity index (χ0v) is 17.6. The SMILES string of the molecule is CC(C)C[C@]1(c2ccccc2)NC(=O)N(CN2CCN(c3ccccn3)CC2)C1=O. The molecule has 3 heterocycles. The molecule has 0 bridgehead atoms. The number of pyridine rings is 1. The fourth-order valence-electron chi connectivity index (χ4n) is 4.40. The van der Waals surface area contributed by atoms with Crippen LogP contribution in [0.4, 0.5) is 10.6 Å². The average molecular weight is 408 g/mol. The molecule has 0 aliphatic carbocycles. The molecule has 2 aliphatic heterocycles. The quantitative estimate of drug-likeness (QED) is 0.746. The molecule has 2 fully saturated rings. The van der Waals surface area contributed by atoms with Crippen LogP contribution in [-0.2, 0) is 10.3 Å². The Morgan fingerprint density at radius 3 is 2.33 bits per heavy atom. The molecule has 0 spiro atoms. The highest BCUT2D eigenvalue weighted by Crippen LogP contribution is 2.35. The van der Waals surface area contributed by atoms with Crippen LogP contribution in [0, 0.1) is 5.92 Å². The summed E-state index contributed by atoms with van der Waals surface area (Å²) in [5.41, 5.74) is -0.137. The lowest BCUT2D eigenvalue weighted by Gasteiger charge is -2.36. The van der Waals surface area contributed by atoms with Gasteiger partial charge in [0.05, 0.1) is 6.67 Å². The molecular formula is C23H29N5O2. The number of aromatic nitrogens is 1. The number of imide groups is 1. The van der Waals surface area contributed by atoms with E-state index in [0.717, 1.165) is 37.6 Å². The van der Waals surface area contributed by atoms with E-state index in [1.54, 1.807) is 6.20 Å². The van der Waals surface area contributed by atoms with Crippen LogP contribution in [0.5, 0.6) is 0 Å². The molecule has 3 amide bonds. The van der Waals surface area contributed by atoms with Gasteiger partial charge in [-0.1, -0.05) is 50.2 Å². The first kappa shape index (κ1) is 20.3. The van der Waals surface area contributed by atoms with Crippen molar-refractivity contribution in [3.05, 3.63) is 60.3 Å². The van der Waals surface area contributed by atoms with Crippen molar-refractivity contribution in [3.8, 4) is 0 Å². The Bertz CT molecular complexity index is 881. The van der Waals surface area contributed by atoms with Gasteiger partial charge in [0.15, 0.2) is 0 Å². The first-order valence-corrected chi connectivity index (χ1v) is 10.6. The maximum absolute atomic E-state index is 13.5. The number of amides is 3. The molecule has 158 valence electrons. The molecule has 0 radical (unpaired) electrons. The van der Waals surface area contributed by atoms with Gasteiger partial charge in [-0.3, -0.25) is 9.69 Å². The van der Waals surface area contributed by atoms with Crippen LogP contribution in [0.3, 0.4) is 0 Å². The van der Waals surface area contributed by atoms with E-state index >= 15 is 0 Å². The van der Waals surface area contributed by atoms with Gasteiger partial charge in [-0.15, -0.1) is 0 Å². The third kappa shape index (κ3) is 3.89. The number of carbonyl (C=O) groups excluding carboxylic acids is 2. The summed E-state index contributed by atoms with van der Waals surface area (Å²) in [5.74, 6) is 1.07. The lowest BCUT2D eigenvalue weighted by atomic mass is 9.82. The number of piperazine rings is 1. The number of nitrogens with zero attached hydrogens (tertiary/aromatic N) is 4. The van der Waals surface area contributed by atoms with Gasteiger partial charge in [0.25, 0.3) is 5.91 Å². The van der Waals surface area contributed by atoms with Gasteiger partial charge in [-0.05, 0) is 30.0 Å². The van der Waals surface area contributed by atoms with Gasteiger partial charge in [-0.25, -0.2) is 14.7 Å². The maximum Gasteiger partial charge on any atom is 0.326 e. The Morgan fingerprint density at radius 2 is 1.70 bits per heavy atom. The highest BCUT2D eigenvalue weighted by atomic mass is 16.2. The van der Waals surface area contributed by atoms with E-state index in [2.05, 4.69) is 33.9 Å². The second-order valence-corrected chi connectivity index (χ2v) is 8.47. The van der Waals surface area contributed by atoms with E-state index in [0.29, 0.717) is 13.1 Å². The van der Waals surface area contributed by atoms with Gasteiger partial charge in [0.1, 0.15) is 11.4 Å². The van der Waals surface area contributed by atoms with Crippen molar-refractivity contribution in [1.29, 1.82) is 0 Å². The van der Waals surface area contributed by atoms with Crippen LogP contribution in [0.1, 0.15) is 25.8 Å². The zero-order valence-electron chi connectivity index (χ0n) is 17.6. The Kier molecular flexibility index (Phi) is 5.72. The van der Waals surface area contributed by atoms with Crippen LogP contribution in [-0.4, -0.2) is 59.6 Å². The van der Waals surface area contributed by atoms with Gasteiger partial charge in [0, 0.05) is 32.4 Å². The minimum atomic E-state index is -0.984. The molecule has 2 aromatic rings. The summed E-state index contributed by atoms with van der Waals surface area (Å²) in [6.45, 7) is 7.64. The highest BCUT2D eigenvalue weighted by Gasteiger charge is 2.52. The summed E-state index contributed by atoms with van der Waals surface area (Å²) in [6, 6.07) is 15.2. The van der Waals surface area contributed by atoms with Gasteiger partial charge < -0.3 is 10.2 Å². The highest BCUT2D eigenvalue weighted by molar-refractivity contribution is 6.07. The van der Waals surface area contributed by atoms with E-state index in [1.807, 2.05) is 48.5 Å². The lowest BCUT2D eigenvalue weighted by molar-refractivity contribution is -0.133. The van der Waals surface area contributed by atoms with Crippen molar-refractivity contribution in [3.63, 3.8) is 0 Å². The minimum absolute atomic E-state index is 0.153. The van der Waals surface area contributed by atoms with Crippen LogP contribution in [0.15, 0.2) is 54.7 Å². The molecule has 0 unspecified atom stereocenters. The standard InChI is InChI=1S/C23H29N5O2/c1-18(2)16-23(19-8-4-3-5-9-19)21(29)28(22(30)25-23)17-26-12-14-27(15-13-26)20-10-6-7-11-24-20/h3-11,18H,12-17H2,1-2H3,(H,25,30)/t23-/m1/s1. The Balaban J connectivity index is 1.46. The third-order valence-electron chi connectivity index (χ3n) is 5.84. The number of urea groups is 1. The number of rotatable bonds is 6. The summed E-state index contributed by atoms with van der Waals surface area (Å²) in [7, 11) is 0. The lowest BCUT2D eigenvalue weighted by Crippen LogP contribution is -2.52. The predicted octanol–water partition coefficient (Wildman–Crippen LogP) is 2.65. The topological polar surface area (TPSA) is 68.8 Å². The summed E-state index contributed by atoms with van der Waals surface area (Å²) in [6.07, 6.45) is 2.37. The van der Waals surface area contributed by atoms with Gasteiger partial charge in [-0.2, -0.15) is 0 Å². The van der Waals surface area contributed by atoms with E-state index in [9.17, 15) is 9.59 Å². The van der Waals surface area contributed by atoms with Crippen LogP contribution < -0.4 is 10.2 Å². The molecular weight excluding hydrogens is 378 g/mol. The molecule has 2 aliphatic rings. The summed E-state index contributed by atoms with van der Waals surface area (Å²) in [4.78, 5) is 36.6. The Morgan fingerprint density at radius 1 is 1.00 bits per heavy atom. The van der Waals surface area contributed by atoms with Crippen molar-refractivity contribution in [2.24, 2.45) is 5.92 Å². The molecule has 1 N–H and O–H groups in total.